The van der Waals surface area contributed by atoms with Crippen LogP contribution in [-0.2, 0) is 11.2 Å². The normalized spacial score (nSPS) is 12.1. The van der Waals surface area contributed by atoms with Crippen LogP contribution in [0.25, 0.3) is 10.8 Å². The molecule has 2 aromatic rings. The Labute approximate surface area is 119 Å². The van der Waals surface area contributed by atoms with Gasteiger partial charge in [-0.05, 0) is 48.8 Å². The first-order valence-electron chi connectivity index (χ1n) is 6.91. The Morgan fingerprint density at radius 3 is 2.60 bits per heavy atom. The molecule has 106 valence electrons. The second-order valence-corrected chi connectivity index (χ2v) is 6.30. The Morgan fingerprint density at radius 2 is 2.00 bits per heavy atom. The third-order valence-electron chi connectivity index (χ3n) is 3.70. The number of carbonyl (C=O) groups is 1. The highest BCUT2D eigenvalue weighted by Crippen LogP contribution is 2.28. The first-order chi connectivity index (χ1) is 9.31. The van der Waals surface area contributed by atoms with Gasteiger partial charge in [-0.25, -0.2) is 0 Å². The molecule has 0 aliphatic heterocycles. The number of rotatable bonds is 4. The molecule has 0 aliphatic carbocycles. The van der Waals surface area contributed by atoms with Gasteiger partial charge in [0.05, 0.1) is 5.41 Å². The van der Waals surface area contributed by atoms with Crippen molar-refractivity contribution in [3.8, 4) is 0 Å². The number of pyridine rings is 1. The Bertz CT molecular complexity index is 644. The quantitative estimate of drug-likeness (QED) is 0.914. The zero-order valence-electron chi connectivity index (χ0n) is 12.5. The molecule has 0 spiro atoms. The second-order valence-electron chi connectivity index (χ2n) is 6.30. The van der Waals surface area contributed by atoms with Crippen molar-refractivity contribution in [2.24, 2.45) is 5.41 Å². The molecule has 0 unspecified atom stereocenters. The third-order valence-corrected chi connectivity index (χ3v) is 3.70. The summed E-state index contributed by atoms with van der Waals surface area (Å²) in [6.07, 6.45) is 4.27. The minimum atomic E-state index is -0.772. The van der Waals surface area contributed by atoms with Gasteiger partial charge in [-0.3, -0.25) is 9.78 Å². The smallest absolute Gasteiger partial charge is 0.309 e. The summed E-state index contributed by atoms with van der Waals surface area (Å²) in [5.41, 5.74) is 1.51. The molecule has 1 aromatic carbocycles. The number of carboxylic acids is 1. The minimum Gasteiger partial charge on any atom is -0.481 e. The van der Waals surface area contributed by atoms with Crippen LogP contribution >= 0.6 is 0 Å². The van der Waals surface area contributed by atoms with Gasteiger partial charge in [0.25, 0.3) is 0 Å². The number of benzene rings is 1. The van der Waals surface area contributed by atoms with E-state index in [-0.39, 0.29) is 0 Å². The van der Waals surface area contributed by atoms with Gasteiger partial charge in [0.1, 0.15) is 0 Å². The third kappa shape index (κ3) is 2.82. The lowest BCUT2D eigenvalue weighted by Gasteiger charge is -2.19. The first kappa shape index (κ1) is 14.5. The predicted molar refractivity (Wildman–Crippen MR) is 81.0 cm³/mol. The Morgan fingerprint density at radius 1 is 1.30 bits per heavy atom. The van der Waals surface area contributed by atoms with Crippen molar-refractivity contribution in [3.05, 3.63) is 41.7 Å². The molecule has 0 saturated carbocycles. The summed E-state index contributed by atoms with van der Waals surface area (Å²) in [4.78, 5) is 15.5. The molecule has 1 N–H and O–H groups in total. The Kier molecular flexibility index (Phi) is 3.80. The molecule has 0 atom stereocenters. The van der Waals surface area contributed by atoms with Crippen molar-refractivity contribution >= 4 is 16.7 Å². The van der Waals surface area contributed by atoms with Crippen LogP contribution in [0.2, 0.25) is 0 Å². The Hall–Kier alpha value is -1.90. The van der Waals surface area contributed by atoms with Gasteiger partial charge >= 0.3 is 5.97 Å². The van der Waals surface area contributed by atoms with Gasteiger partial charge in [-0.15, -0.1) is 0 Å². The molecule has 0 saturated heterocycles. The molecule has 0 bridgehead atoms. The fourth-order valence-corrected chi connectivity index (χ4v) is 2.41. The van der Waals surface area contributed by atoms with E-state index >= 15 is 0 Å². The van der Waals surface area contributed by atoms with Crippen LogP contribution in [0, 0.1) is 5.41 Å². The maximum atomic E-state index is 11.2. The number of carboxylic acid groups (broad SMARTS) is 1. The molecule has 0 fully saturated rings. The standard InChI is InChI=1S/C17H21NO2/c1-11(2)15-10-18-9-13-7-12(5-6-14(13)15)8-17(3,4)16(19)20/h5-7,9-11H,8H2,1-4H3,(H,19,20). The number of nitrogens with zero attached hydrogens (tertiary/aromatic N) is 1. The van der Waals surface area contributed by atoms with Crippen molar-refractivity contribution < 1.29 is 9.90 Å². The van der Waals surface area contributed by atoms with Crippen LogP contribution in [0.5, 0.6) is 0 Å². The van der Waals surface area contributed by atoms with Gasteiger partial charge in [0.2, 0.25) is 0 Å². The Balaban J connectivity index is 2.43. The maximum Gasteiger partial charge on any atom is 0.309 e. The summed E-state index contributed by atoms with van der Waals surface area (Å²) < 4.78 is 0. The molecule has 3 heteroatoms. The summed E-state index contributed by atoms with van der Waals surface area (Å²) >= 11 is 0. The molecule has 3 nitrogen and oxygen atoms in total. The van der Waals surface area contributed by atoms with Gasteiger partial charge < -0.3 is 5.11 Å². The summed E-state index contributed by atoms with van der Waals surface area (Å²) in [5, 5.41) is 11.5. The van der Waals surface area contributed by atoms with Crippen molar-refractivity contribution in [3.63, 3.8) is 0 Å². The molecular formula is C17H21NO2. The molecule has 0 amide bonds. The second kappa shape index (κ2) is 5.23. The fraction of sp³-hybridized carbons (Fsp3) is 0.412. The van der Waals surface area contributed by atoms with Gasteiger partial charge in [-0.1, -0.05) is 26.0 Å². The molecule has 1 aromatic heterocycles. The van der Waals surface area contributed by atoms with E-state index in [1.807, 2.05) is 18.5 Å². The molecular weight excluding hydrogens is 250 g/mol. The monoisotopic (exact) mass is 271 g/mol. The molecule has 20 heavy (non-hydrogen) atoms. The number of aliphatic carboxylic acids is 1. The highest BCUT2D eigenvalue weighted by atomic mass is 16.4. The van der Waals surface area contributed by atoms with Crippen LogP contribution < -0.4 is 0 Å². The highest BCUT2D eigenvalue weighted by molar-refractivity contribution is 5.86. The highest BCUT2D eigenvalue weighted by Gasteiger charge is 2.27. The molecule has 2 rings (SSSR count). The SMILES string of the molecule is CC(C)c1cncc2cc(CC(C)(C)C(=O)O)ccc12. The molecule has 0 aliphatic rings. The zero-order chi connectivity index (χ0) is 14.9. The van der Waals surface area contributed by atoms with Crippen LogP contribution in [-0.4, -0.2) is 16.1 Å². The van der Waals surface area contributed by atoms with E-state index in [4.69, 9.17) is 0 Å². The van der Waals surface area contributed by atoms with Gasteiger partial charge in [-0.2, -0.15) is 0 Å². The fourth-order valence-electron chi connectivity index (χ4n) is 2.41. The lowest BCUT2D eigenvalue weighted by atomic mass is 9.85. The van der Waals surface area contributed by atoms with E-state index in [2.05, 4.69) is 31.0 Å². The zero-order valence-corrected chi connectivity index (χ0v) is 12.5. The van der Waals surface area contributed by atoms with Crippen LogP contribution in [0.15, 0.2) is 30.6 Å². The predicted octanol–water partition coefficient (Wildman–Crippen LogP) is 4.01. The van der Waals surface area contributed by atoms with E-state index in [1.165, 1.54) is 10.9 Å². The number of hydrogen-bond acceptors (Lipinski definition) is 2. The van der Waals surface area contributed by atoms with Crippen molar-refractivity contribution in [2.45, 2.75) is 40.0 Å². The van der Waals surface area contributed by atoms with E-state index < -0.39 is 11.4 Å². The van der Waals surface area contributed by atoms with Crippen LogP contribution in [0.4, 0.5) is 0 Å². The largest absolute Gasteiger partial charge is 0.481 e. The first-order valence-corrected chi connectivity index (χ1v) is 6.91. The summed E-state index contributed by atoms with van der Waals surface area (Å²) in [6, 6.07) is 6.16. The average molecular weight is 271 g/mol. The number of hydrogen-bond donors (Lipinski definition) is 1. The topological polar surface area (TPSA) is 50.2 Å². The average Bonchev–Trinajstić information content (AvgIpc) is 2.36. The molecule has 1 heterocycles. The van der Waals surface area contributed by atoms with Crippen LogP contribution in [0.3, 0.4) is 0 Å². The van der Waals surface area contributed by atoms with Crippen molar-refractivity contribution in [1.29, 1.82) is 0 Å². The van der Waals surface area contributed by atoms with Crippen molar-refractivity contribution in [1.82, 2.24) is 4.98 Å². The summed E-state index contributed by atoms with van der Waals surface area (Å²) in [5.74, 6) is -0.348. The van der Waals surface area contributed by atoms with E-state index in [1.54, 1.807) is 13.8 Å². The molecule has 0 radical (unpaired) electrons. The van der Waals surface area contributed by atoms with Gasteiger partial charge in [0.15, 0.2) is 0 Å². The van der Waals surface area contributed by atoms with E-state index in [0.29, 0.717) is 12.3 Å². The van der Waals surface area contributed by atoms with Gasteiger partial charge in [0, 0.05) is 17.8 Å². The van der Waals surface area contributed by atoms with E-state index in [9.17, 15) is 9.90 Å². The summed E-state index contributed by atoms with van der Waals surface area (Å²) in [7, 11) is 0. The maximum absolute atomic E-state index is 11.2. The minimum absolute atomic E-state index is 0.424. The van der Waals surface area contributed by atoms with Crippen molar-refractivity contribution in [2.75, 3.05) is 0 Å². The van der Waals surface area contributed by atoms with E-state index in [0.717, 1.165) is 10.9 Å². The van der Waals surface area contributed by atoms with Crippen LogP contribution in [0.1, 0.15) is 44.7 Å². The number of fused-ring (bicyclic) bond motifs is 1. The lowest BCUT2D eigenvalue weighted by molar-refractivity contribution is -0.146. The summed E-state index contributed by atoms with van der Waals surface area (Å²) in [6.45, 7) is 7.81. The number of aromatic nitrogens is 1. The lowest BCUT2D eigenvalue weighted by Crippen LogP contribution is -2.26.